The average Bonchev–Trinajstić information content (AvgIpc) is 3.16. The fourth-order valence-electron chi connectivity index (χ4n) is 2.46. The molecule has 1 aromatic carbocycles. The number of hydrogen-bond donors (Lipinski definition) is 1. The Hall–Kier alpha value is -2.12. The van der Waals surface area contributed by atoms with Gasteiger partial charge in [0.1, 0.15) is 15.7 Å². The number of carbonyl (C=O) groups excluding carboxylic acids is 1. The van der Waals surface area contributed by atoms with Gasteiger partial charge in [-0.3, -0.25) is 10.1 Å². The highest BCUT2D eigenvalue weighted by Crippen LogP contribution is 2.42. The first-order valence-corrected chi connectivity index (χ1v) is 10.0. The van der Waals surface area contributed by atoms with Crippen LogP contribution in [0.5, 0.6) is 0 Å². The molecule has 1 aliphatic rings. The Bertz CT molecular complexity index is 894. The number of hydrogen-bond acceptors (Lipinski definition) is 6. The Morgan fingerprint density at radius 2 is 1.96 bits per heavy atom. The summed E-state index contributed by atoms with van der Waals surface area (Å²) < 4.78 is 0. The Labute approximate surface area is 154 Å². The van der Waals surface area contributed by atoms with Gasteiger partial charge in [0, 0.05) is 16.9 Å². The maximum absolute atomic E-state index is 12.4. The number of aromatic nitrogens is 3. The summed E-state index contributed by atoms with van der Waals surface area (Å²) >= 11 is 2.93. The van der Waals surface area contributed by atoms with Gasteiger partial charge < -0.3 is 0 Å². The standard InChI is InChI=1S/C18H18N4OS2/c1-10(2)11-3-5-12(6-4-11)16-19-14(9-24-16)15(23)20-18-22-21-17(25-18)13-7-8-13/h3-6,9-10,13H,7-8H2,1-2H3,(H,20,22,23). The van der Waals surface area contributed by atoms with Crippen molar-refractivity contribution < 1.29 is 4.79 Å². The van der Waals surface area contributed by atoms with Crippen LogP contribution in [0.2, 0.25) is 0 Å². The summed E-state index contributed by atoms with van der Waals surface area (Å²) in [6.45, 7) is 4.34. The molecule has 0 aliphatic heterocycles. The van der Waals surface area contributed by atoms with Gasteiger partial charge in [-0.05, 0) is 24.3 Å². The number of thiazole rings is 1. The lowest BCUT2D eigenvalue weighted by Gasteiger charge is -2.05. The maximum atomic E-state index is 12.4. The first kappa shape index (κ1) is 16.4. The SMILES string of the molecule is CC(C)c1ccc(-c2nc(C(=O)Nc3nnc(C4CC4)s3)cs2)cc1. The van der Waals surface area contributed by atoms with Crippen molar-refractivity contribution in [3.05, 3.63) is 45.9 Å². The molecule has 2 aromatic heterocycles. The van der Waals surface area contributed by atoms with Crippen LogP contribution in [0.1, 0.15) is 59.6 Å². The maximum Gasteiger partial charge on any atom is 0.276 e. The predicted octanol–water partition coefficient (Wildman–Crippen LogP) is 4.91. The van der Waals surface area contributed by atoms with E-state index >= 15 is 0 Å². The van der Waals surface area contributed by atoms with Crippen LogP contribution in [-0.4, -0.2) is 21.1 Å². The average molecular weight is 371 g/mol. The van der Waals surface area contributed by atoms with Crippen molar-refractivity contribution >= 4 is 33.7 Å². The zero-order valence-electron chi connectivity index (χ0n) is 14.0. The van der Waals surface area contributed by atoms with Crippen LogP contribution in [-0.2, 0) is 0 Å². The minimum absolute atomic E-state index is 0.236. The van der Waals surface area contributed by atoms with Crippen molar-refractivity contribution in [2.45, 2.75) is 38.5 Å². The van der Waals surface area contributed by atoms with E-state index in [0.29, 0.717) is 22.7 Å². The van der Waals surface area contributed by atoms with Gasteiger partial charge in [-0.2, -0.15) is 0 Å². The molecule has 1 saturated carbocycles. The largest absolute Gasteiger partial charge is 0.295 e. The van der Waals surface area contributed by atoms with E-state index in [1.165, 1.54) is 41.1 Å². The van der Waals surface area contributed by atoms with Crippen molar-refractivity contribution in [1.82, 2.24) is 15.2 Å². The smallest absolute Gasteiger partial charge is 0.276 e. The number of amides is 1. The predicted molar refractivity (Wildman–Crippen MR) is 101 cm³/mol. The minimum atomic E-state index is -0.236. The first-order chi connectivity index (χ1) is 12.1. The van der Waals surface area contributed by atoms with E-state index in [2.05, 4.69) is 58.6 Å². The fourth-order valence-corrected chi connectivity index (χ4v) is 4.18. The zero-order chi connectivity index (χ0) is 17.4. The van der Waals surface area contributed by atoms with Gasteiger partial charge in [0.15, 0.2) is 0 Å². The lowest BCUT2D eigenvalue weighted by Crippen LogP contribution is -2.12. The topological polar surface area (TPSA) is 67.8 Å². The summed E-state index contributed by atoms with van der Waals surface area (Å²) in [4.78, 5) is 16.8. The summed E-state index contributed by atoms with van der Waals surface area (Å²) in [5.74, 6) is 0.807. The molecule has 5 nitrogen and oxygen atoms in total. The zero-order valence-corrected chi connectivity index (χ0v) is 15.7. The van der Waals surface area contributed by atoms with Gasteiger partial charge in [0.05, 0.1) is 0 Å². The van der Waals surface area contributed by atoms with Crippen LogP contribution in [0.4, 0.5) is 5.13 Å². The van der Waals surface area contributed by atoms with Gasteiger partial charge in [0.25, 0.3) is 5.91 Å². The van der Waals surface area contributed by atoms with Crippen LogP contribution in [0, 0.1) is 0 Å². The third-order valence-corrected chi connectivity index (χ3v) is 6.04. The number of carbonyl (C=O) groups is 1. The summed E-state index contributed by atoms with van der Waals surface area (Å²) in [6.07, 6.45) is 2.35. The number of nitrogens with zero attached hydrogens (tertiary/aromatic N) is 3. The molecule has 1 N–H and O–H groups in total. The van der Waals surface area contributed by atoms with E-state index in [1.54, 1.807) is 5.38 Å². The van der Waals surface area contributed by atoms with E-state index in [0.717, 1.165) is 15.6 Å². The van der Waals surface area contributed by atoms with Crippen LogP contribution in [0.25, 0.3) is 10.6 Å². The molecule has 7 heteroatoms. The lowest BCUT2D eigenvalue weighted by atomic mass is 10.0. The van der Waals surface area contributed by atoms with Gasteiger partial charge >= 0.3 is 0 Å². The molecule has 0 bridgehead atoms. The van der Waals surface area contributed by atoms with Gasteiger partial charge in [-0.1, -0.05) is 49.4 Å². The molecule has 0 saturated heterocycles. The molecule has 3 aromatic rings. The summed E-state index contributed by atoms with van der Waals surface area (Å²) in [7, 11) is 0. The molecule has 128 valence electrons. The molecule has 1 fully saturated rings. The van der Waals surface area contributed by atoms with E-state index in [4.69, 9.17) is 0 Å². The third kappa shape index (κ3) is 3.62. The molecule has 25 heavy (non-hydrogen) atoms. The van der Waals surface area contributed by atoms with Gasteiger partial charge in [0.2, 0.25) is 5.13 Å². The Morgan fingerprint density at radius 1 is 1.20 bits per heavy atom. The fraction of sp³-hybridized carbons (Fsp3) is 0.333. The number of nitrogens with one attached hydrogen (secondary N) is 1. The quantitative estimate of drug-likeness (QED) is 0.692. The summed E-state index contributed by atoms with van der Waals surface area (Å²) in [5, 5.41) is 15.2. The molecule has 0 radical (unpaired) electrons. The first-order valence-electron chi connectivity index (χ1n) is 8.31. The van der Waals surface area contributed by atoms with Gasteiger partial charge in [-0.25, -0.2) is 4.98 Å². The molecule has 0 atom stereocenters. The summed E-state index contributed by atoms with van der Waals surface area (Å²) in [5.41, 5.74) is 2.73. The molecular weight excluding hydrogens is 352 g/mol. The molecule has 1 aliphatic carbocycles. The van der Waals surface area contributed by atoms with E-state index < -0.39 is 0 Å². The monoisotopic (exact) mass is 370 g/mol. The number of rotatable bonds is 5. The Kier molecular flexibility index (Phi) is 4.35. The van der Waals surface area contributed by atoms with Gasteiger partial charge in [-0.15, -0.1) is 21.5 Å². The molecule has 0 spiro atoms. The number of benzene rings is 1. The highest BCUT2D eigenvalue weighted by atomic mass is 32.1. The van der Waals surface area contributed by atoms with Crippen molar-refractivity contribution in [2.75, 3.05) is 5.32 Å². The second-order valence-electron chi connectivity index (χ2n) is 6.49. The van der Waals surface area contributed by atoms with E-state index in [1.807, 2.05) is 0 Å². The highest BCUT2D eigenvalue weighted by molar-refractivity contribution is 7.15. The third-order valence-electron chi connectivity index (χ3n) is 4.15. The molecule has 1 amide bonds. The Balaban J connectivity index is 1.46. The van der Waals surface area contributed by atoms with Crippen molar-refractivity contribution in [3.8, 4) is 10.6 Å². The van der Waals surface area contributed by atoms with Crippen molar-refractivity contribution in [1.29, 1.82) is 0 Å². The minimum Gasteiger partial charge on any atom is -0.295 e. The molecule has 0 unspecified atom stereocenters. The summed E-state index contributed by atoms with van der Waals surface area (Å²) in [6, 6.07) is 8.34. The van der Waals surface area contributed by atoms with Crippen molar-refractivity contribution in [2.24, 2.45) is 0 Å². The van der Waals surface area contributed by atoms with Crippen LogP contribution < -0.4 is 5.32 Å². The van der Waals surface area contributed by atoms with E-state index in [9.17, 15) is 4.79 Å². The van der Waals surface area contributed by atoms with E-state index in [-0.39, 0.29) is 5.91 Å². The molecule has 2 heterocycles. The van der Waals surface area contributed by atoms with Crippen LogP contribution in [0.3, 0.4) is 0 Å². The molecular formula is C18H18N4OS2. The second-order valence-corrected chi connectivity index (χ2v) is 8.36. The Morgan fingerprint density at radius 3 is 2.64 bits per heavy atom. The lowest BCUT2D eigenvalue weighted by molar-refractivity contribution is 0.102. The van der Waals surface area contributed by atoms with Crippen LogP contribution >= 0.6 is 22.7 Å². The normalized spacial score (nSPS) is 14.0. The molecule has 4 rings (SSSR count). The second kappa shape index (κ2) is 6.65. The van der Waals surface area contributed by atoms with Crippen LogP contribution in [0.15, 0.2) is 29.6 Å². The highest BCUT2D eigenvalue weighted by Gasteiger charge is 2.28. The van der Waals surface area contributed by atoms with Crippen molar-refractivity contribution in [3.63, 3.8) is 0 Å². The number of anilines is 1.